The highest BCUT2D eigenvalue weighted by molar-refractivity contribution is 7.86. The second-order valence-electron chi connectivity index (χ2n) is 3.35. The minimum Gasteiger partial charge on any atom is -0.465 e. The van der Waals surface area contributed by atoms with Crippen LogP contribution >= 0.6 is 0 Å². The van der Waals surface area contributed by atoms with Gasteiger partial charge in [0.25, 0.3) is 10.1 Å². The number of hydrogen-bond acceptors (Lipinski definition) is 5. The monoisotopic (exact) mass is 298 g/mol. The number of methoxy groups -OCH3 is 1. The number of carbonyl (C=O) groups excluding carboxylic acids is 1. The van der Waals surface area contributed by atoms with Gasteiger partial charge in [0.2, 0.25) is 0 Å². The van der Waals surface area contributed by atoms with Gasteiger partial charge in [0.15, 0.2) is 6.61 Å². The van der Waals surface area contributed by atoms with Crippen molar-refractivity contribution in [2.75, 3.05) is 13.7 Å². The van der Waals surface area contributed by atoms with Crippen molar-refractivity contribution in [2.45, 2.75) is 11.1 Å². The third-order valence-electron chi connectivity index (χ3n) is 1.92. The smallest absolute Gasteiger partial charge is 0.413 e. The van der Waals surface area contributed by atoms with Gasteiger partial charge in [-0.25, -0.2) is 4.79 Å². The molecule has 5 nitrogen and oxygen atoms in total. The summed E-state index contributed by atoms with van der Waals surface area (Å²) in [5.41, 5.74) is -0.112. The van der Waals surface area contributed by atoms with Gasteiger partial charge in [-0.2, -0.15) is 21.6 Å². The van der Waals surface area contributed by atoms with E-state index in [-0.39, 0.29) is 5.56 Å². The van der Waals surface area contributed by atoms with Crippen LogP contribution in [0.25, 0.3) is 0 Å². The van der Waals surface area contributed by atoms with Gasteiger partial charge in [-0.3, -0.25) is 4.18 Å². The van der Waals surface area contributed by atoms with Crippen LogP contribution in [0.5, 0.6) is 0 Å². The zero-order valence-electron chi connectivity index (χ0n) is 9.60. The van der Waals surface area contributed by atoms with Crippen molar-refractivity contribution in [3.63, 3.8) is 0 Å². The number of halogens is 3. The van der Waals surface area contributed by atoms with E-state index in [1.54, 1.807) is 0 Å². The van der Waals surface area contributed by atoms with Crippen molar-refractivity contribution in [3.8, 4) is 0 Å². The van der Waals surface area contributed by atoms with Crippen LogP contribution < -0.4 is 0 Å². The maximum Gasteiger partial charge on any atom is 0.413 e. The molecular weight excluding hydrogens is 289 g/mol. The summed E-state index contributed by atoms with van der Waals surface area (Å²) in [4.78, 5) is 10.6. The van der Waals surface area contributed by atoms with E-state index >= 15 is 0 Å². The highest BCUT2D eigenvalue weighted by Gasteiger charge is 2.31. The highest BCUT2D eigenvalue weighted by atomic mass is 32.2. The second-order valence-corrected chi connectivity index (χ2v) is 4.97. The molecule has 19 heavy (non-hydrogen) atoms. The molecule has 1 aromatic rings. The Morgan fingerprint density at radius 2 is 1.95 bits per heavy atom. The molecule has 0 amide bonds. The fourth-order valence-electron chi connectivity index (χ4n) is 1.11. The molecule has 0 aromatic heterocycles. The number of ether oxygens (including phenoxy) is 1. The molecule has 0 spiro atoms. The summed E-state index contributed by atoms with van der Waals surface area (Å²) < 4.78 is 66.8. The van der Waals surface area contributed by atoms with Gasteiger partial charge in [0.05, 0.1) is 17.6 Å². The molecule has 0 N–H and O–H groups in total. The molecule has 0 aliphatic rings. The second kappa shape index (κ2) is 5.57. The Morgan fingerprint density at radius 3 is 2.47 bits per heavy atom. The lowest BCUT2D eigenvalue weighted by molar-refractivity contribution is -0.152. The predicted octanol–water partition coefficient (Wildman–Crippen LogP) is 1.74. The molecule has 0 atom stereocenters. The largest absolute Gasteiger partial charge is 0.465 e. The average molecular weight is 298 g/mol. The molecule has 106 valence electrons. The van der Waals surface area contributed by atoms with Gasteiger partial charge in [0, 0.05) is 0 Å². The van der Waals surface area contributed by atoms with E-state index in [4.69, 9.17) is 0 Å². The Morgan fingerprint density at radius 1 is 1.32 bits per heavy atom. The molecule has 0 bridgehead atoms. The summed E-state index contributed by atoms with van der Waals surface area (Å²) in [6.45, 7) is -1.93. The van der Waals surface area contributed by atoms with Crippen molar-refractivity contribution in [3.05, 3.63) is 29.8 Å². The minimum atomic E-state index is -4.77. The van der Waals surface area contributed by atoms with Crippen LogP contribution in [0.15, 0.2) is 29.2 Å². The van der Waals surface area contributed by atoms with Crippen LogP contribution in [0.2, 0.25) is 0 Å². The molecule has 0 saturated carbocycles. The Hall–Kier alpha value is -1.61. The van der Waals surface area contributed by atoms with Gasteiger partial charge in [-0.1, -0.05) is 6.07 Å². The molecule has 9 heteroatoms. The Bertz CT molecular complexity index is 565. The highest BCUT2D eigenvalue weighted by Crippen LogP contribution is 2.20. The summed E-state index contributed by atoms with van der Waals surface area (Å²) in [6.07, 6.45) is -4.77. The third-order valence-corrected chi connectivity index (χ3v) is 3.18. The first-order valence-corrected chi connectivity index (χ1v) is 6.21. The maximum absolute atomic E-state index is 11.9. The minimum absolute atomic E-state index is 0.112. The standard InChI is InChI=1S/C10H9F3O5S/c1-17-9(14)7-3-2-4-8(5-7)19(15,16)18-6-10(11,12)13/h2-5H,6H2,1H3. The van der Waals surface area contributed by atoms with Gasteiger partial charge < -0.3 is 4.74 Å². The number of alkyl halides is 3. The van der Waals surface area contributed by atoms with Gasteiger partial charge in [0.1, 0.15) is 0 Å². The summed E-state index contributed by atoms with van der Waals surface area (Å²) in [7, 11) is -3.50. The van der Waals surface area contributed by atoms with E-state index < -0.39 is 33.8 Å². The molecule has 0 aliphatic carbocycles. The maximum atomic E-state index is 11.9. The van der Waals surface area contributed by atoms with E-state index in [1.165, 1.54) is 12.1 Å². The predicted molar refractivity (Wildman–Crippen MR) is 57.0 cm³/mol. The molecule has 0 heterocycles. The van der Waals surface area contributed by atoms with Gasteiger partial charge in [-0.15, -0.1) is 0 Å². The molecule has 0 aliphatic heterocycles. The van der Waals surface area contributed by atoms with Crippen molar-refractivity contribution in [1.29, 1.82) is 0 Å². The van der Waals surface area contributed by atoms with E-state index in [1.807, 2.05) is 0 Å². The van der Waals surface area contributed by atoms with Crippen molar-refractivity contribution in [1.82, 2.24) is 0 Å². The summed E-state index contributed by atoms with van der Waals surface area (Å²) >= 11 is 0. The first-order valence-electron chi connectivity index (χ1n) is 4.80. The third kappa shape index (κ3) is 4.52. The number of benzene rings is 1. The van der Waals surface area contributed by atoms with E-state index in [9.17, 15) is 26.4 Å². The zero-order valence-corrected chi connectivity index (χ0v) is 10.4. The number of hydrogen-bond donors (Lipinski definition) is 0. The molecule has 0 fully saturated rings. The van der Waals surface area contributed by atoms with Gasteiger partial charge >= 0.3 is 12.1 Å². The van der Waals surface area contributed by atoms with Crippen LogP contribution in [0.1, 0.15) is 10.4 Å². The number of carbonyl (C=O) groups is 1. The van der Waals surface area contributed by atoms with Crippen LogP contribution in [-0.2, 0) is 19.0 Å². The van der Waals surface area contributed by atoms with E-state index in [2.05, 4.69) is 8.92 Å². The number of rotatable bonds is 4. The average Bonchev–Trinajstić information content (AvgIpc) is 2.35. The summed E-state index contributed by atoms with van der Waals surface area (Å²) in [5, 5.41) is 0. The lowest BCUT2D eigenvalue weighted by Gasteiger charge is -2.08. The molecule has 1 aromatic carbocycles. The Labute approximate surface area is 107 Å². The fraction of sp³-hybridized carbons (Fsp3) is 0.300. The van der Waals surface area contributed by atoms with Crippen LogP contribution in [0, 0.1) is 0 Å². The normalized spacial score (nSPS) is 12.2. The van der Waals surface area contributed by atoms with E-state index in [0.717, 1.165) is 19.2 Å². The quantitative estimate of drug-likeness (QED) is 0.625. The molecule has 0 radical (unpaired) electrons. The van der Waals surface area contributed by atoms with Crippen molar-refractivity contribution < 1.29 is 35.3 Å². The molecular formula is C10H9F3O5S. The fourth-order valence-corrected chi connectivity index (χ4v) is 2.05. The Kier molecular flexibility index (Phi) is 4.53. The first-order chi connectivity index (χ1) is 8.65. The van der Waals surface area contributed by atoms with E-state index in [0.29, 0.717) is 0 Å². The Balaban J connectivity index is 2.99. The summed E-state index contributed by atoms with van der Waals surface area (Å²) in [5.74, 6) is -0.812. The molecule has 0 unspecified atom stereocenters. The number of esters is 1. The van der Waals surface area contributed by atoms with Crippen LogP contribution in [0.3, 0.4) is 0 Å². The van der Waals surface area contributed by atoms with Crippen LogP contribution in [0.4, 0.5) is 13.2 Å². The zero-order chi connectivity index (χ0) is 14.7. The lowest BCUT2D eigenvalue weighted by Crippen LogP contribution is -2.20. The van der Waals surface area contributed by atoms with Crippen molar-refractivity contribution >= 4 is 16.1 Å². The first kappa shape index (κ1) is 15.4. The van der Waals surface area contributed by atoms with Crippen LogP contribution in [-0.4, -0.2) is 34.3 Å². The molecule has 0 saturated heterocycles. The van der Waals surface area contributed by atoms with Gasteiger partial charge in [-0.05, 0) is 18.2 Å². The molecule has 1 rings (SSSR count). The van der Waals surface area contributed by atoms with Crippen molar-refractivity contribution in [2.24, 2.45) is 0 Å². The topological polar surface area (TPSA) is 69.7 Å². The lowest BCUT2D eigenvalue weighted by atomic mass is 10.2. The summed E-state index contributed by atoms with van der Waals surface area (Å²) in [6, 6.07) is 4.33. The SMILES string of the molecule is COC(=O)c1cccc(S(=O)(=O)OCC(F)(F)F)c1.